The number of amides is 1. The van der Waals surface area contributed by atoms with Crippen LogP contribution in [0.4, 0.5) is 5.69 Å². The molecule has 3 N–H and O–H groups in total. The largest absolute Gasteiger partial charge is 0.294 e. The average molecular weight is 310 g/mol. The molecule has 8 heteroatoms. The van der Waals surface area contributed by atoms with Crippen LogP contribution in [-0.4, -0.2) is 31.5 Å². The zero-order valence-corrected chi connectivity index (χ0v) is 12.3. The summed E-state index contributed by atoms with van der Waals surface area (Å²) < 4.78 is 26.0. The number of hydrogen-bond donors (Lipinski definition) is 2. The van der Waals surface area contributed by atoms with E-state index in [1.807, 2.05) is 0 Å². The third kappa shape index (κ3) is 3.59. The number of para-hydroxylation sites is 1. The molecule has 0 unspecified atom stereocenters. The minimum Gasteiger partial charge on any atom is -0.294 e. The zero-order chi connectivity index (χ0) is 15.3. The lowest BCUT2D eigenvalue weighted by Crippen LogP contribution is -2.33. The van der Waals surface area contributed by atoms with E-state index < -0.39 is 10.0 Å². The van der Waals surface area contributed by atoms with Crippen LogP contribution in [0, 0.1) is 0 Å². The lowest BCUT2D eigenvalue weighted by Gasteiger charge is -2.23. The first-order valence-electron chi connectivity index (χ1n) is 6.70. The van der Waals surface area contributed by atoms with Crippen LogP contribution in [0.1, 0.15) is 25.7 Å². The number of unbranched alkanes of at least 4 members (excludes halogenated alkanes) is 2. The third-order valence-corrected chi connectivity index (χ3v) is 5.02. The molecule has 1 heterocycles. The number of benzene rings is 1. The van der Waals surface area contributed by atoms with Crippen LogP contribution in [0.2, 0.25) is 0 Å². The molecule has 21 heavy (non-hydrogen) atoms. The number of nitrogens with one attached hydrogen (secondary N) is 1. The maximum atomic E-state index is 12.4. The van der Waals surface area contributed by atoms with E-state index in [0.717, 1.165) is 6.42 Å². The Morgan fingerprint density at radius 1 is 1.24 bits per heavy atom. The smallest absolute Gasteiger partial charge is 0.267 e. The summed E-state index contributed by atoms with van der Waals surface area (Å²) in [5.74, 6) is 4.77. The zero-order valence-electron chi connectivity index (χ0n) is 11.5. The van der Waals surface area contributed by atoms with Crippen LogP contribution in [0.3, 0.4) is 0 Å². The van der Waals surface area contributed by atoms with Crippen molar-refractivity contribution in [3.63, 3.8) is 0 Å². The van der Waals surface area contributed by atoms with Gasteiger partial charge in [-0.25, -0.2) is 19.3 Å². The highest BCUT2D eigenvalue weighted by atomic mass is 32.2. The fourth-order valence-corrected chi connectivity index (χ4v) is 3.51. The highest BCUT2D eigenvalue weighted by Gasteiger charge is 2.27. The highest BCUT2D eigenvalue weighted by Crippen LogP contribution is 2.29. The van der Waals surface area contributed by atoms with E-state index >= 15 is 0 Å². The minimum absolute atomic E-state index is 0.212. The first-order chi connectivity index (χ1) is 10.1. The van der Waals surface area contributed by atoms with Gasteiger partial charge in [0.05, 0.1) is 5.69 Å². The van der Waals surface area contributed by atoms with Crippen molar-refractivity contribution >= 4 is 28.0 Å². The Kier molecular flexibility index (Phi) is 4.92. The van der Waals surface area contributed by atoms with Crippen LogP contribution in [0.15, 0.2) is 34.2 Å². The number of rotatable bonds is 6. The average Bonchev–Trinajstić information content (AvgIpc) is 2.49. The number of nitrogens with zero attached hydrogens (tertiary/aromatic N) is 2. The molecule has 0 saturated heterocycles. The summed E-state index contributed by atoms with van der Waals surface area (Å²) in [6.07, 6.45) is 3.77. The second-order valence-corrected chi connectivity index (χ2v) is 6.57. The van der Waals surface area contributed by atoms with E-state index in [4.69, 9.17) is 5.84 Å². The molecule has 0 saturated carbocycles. The van der Waals surface area contributed by atoms with Crippen LogP contribution in [-0.2, 0) is 14.8 Å². The topological polar surface area (TPSA) is 105 Å². The molecular weight excluding hydrogens is 292 g/mol. The normalized spacial score (nSPS) is 15.6. The molecule has 0 aliphatic carbocycles. The molecule has 1 amide bonds. The molecule has 0 spiro atoms. The summed E-state index contributed by atoms with van der Waals surface area (Å²) in [4.78, 5) is 15.3. The molecule has 0 fully saturated rings. The lowest BCUT2D eigenvalue weighted by atomic mass is 10.2. The fourth-order valence-electron chi connectivity index (χ4n) is 2.08. The van der Waals surface area contributed by atoms with Crippen molar-refractivity contribution in [1.29, 1.82) is 0 Å². The number of nitrogens with two attached hydrogens (primary N) is 1. The van der Waals surface area contributed by atoms with E-state index in [0.29, 0.717) is 31.5 Å². The Hall–Kier alpha value is -1.93. The van der Waals surface area contributed by atoms with E-state index in [2.05, 4.69) is 10.4 Å². The number of hydrazine groups is 1. The summed E-state index contributed by atoms with van der Waals surface area (Å²) in [5, 5.41) is 0. The summed E-state index contributed by atoms with van der Waals surface area (Å²) in [6, 6.07) is 6.66. The van der Waals surface area contributed by atoms with E-state index in [9.17, 15) is 13.2 Å². The van der Waals surface area contributed by atoms with Crippen LogP contribution in [0.25, 0.3) is 0 Å². The minimum atomic E-state index is -3.51. The van der Waals surface area contributed by atoms with Gasteiger partial charge in [0.1, 0.15) is 11.2 Å². The molecule has 2 rings (SSSR count). The molecule has 1 aromatic carbocycles. The molecule has 114 valence electrons. The third-order valence-electron chi connectivity index (χ3n) is 3.22. The predicted octanol–water partition coefficient (Wildman–Crippen LogP) is 0.901. The van der Waals surface area contributed by atoms with Gasteiger partial charge in [0.15, 0.2) is 0 Å². The second-order valence-electron chi connectivity index (χ2n) is 4.71. The summed E-state index contributed by atoms with van der Waals surface area (Å²) in [7, 11) is -3.51. The molecule has 0 aromatic heterocycles. The number of hydrogen-bond acceptors (Lipinski definition) is 5. The van der Waals surface area contributed by atoms with Gasteiger partial charge in [-0.1, -0.05) is 18.6 Å². The van der Waals surface area contributed by atoms with Crippen molar-refractivity contribution < 1.29 is 13.2 Å². The maximum Gasteiger partial charge on any atom is 0.267 e. The number of carbonyl (C=O) groups is 1. The Bertz CT molecular complexity index is 643. The van der Waals surface area contributed by atoms with Gasteiger partial charge in [0, 0.05) is 13.0 Å². The monoisotopic (exact) mass is 310 g/mol. The van der Waals surface area contributed by atoms with Gasteiger partial charge in [-0.05, 0) is 25.0 Å². The van der Waals surface area contributed by atoms with Crippen molar-refractivity contribution in [2.75, 3.05) is 6.54 Å². The van der Waals surface area contributed by atoms with Crippen molar-refractivity contribution in [2.45, 2.75) is 30.6 Å². The number of aliphatic imine (C=N–C) groups is 1. The molecule has 7 nitrogen and oxygen atoms in total. The second kappa shape index (κ2) is 6.68. The van der Waals surface area contributed by atoms with E-state index in [1.165, 1.54) is 10.6 Å². The molecule has 0 atom stereocenters. The van der Waals surface area contributed by atoms with Gasteiger partial charge in [0.25, 0.3) is 10.0 Å². The molecule has 1 aromatic rings. The Morgan fingerprint density at radius 2 is 2.00 bits per heavy atom. The van der Waals surface area contributed by atoms with Gasteiger partial charge >= 0.3 is 0 Å². The Labute approximate surface area is 123 Å². The first kappa shape index (κ1) is 15.5. The summed E-state index contributed by atoms with van der Waals surface area (Å²) >= 11 is 0. The highest BCUT2D eigenvalue weighted by molar-refractivity contribution is 7.89. The van der Waals surface area contributed by atoms with E-state index in [1.54, 1.807) is 24.3 Å². The standard InChI is InChI=1S/C13H18N4O3S/c14-16-13(18)8-2-1-5-9-17-10-15-11-6-3-4-7-12(11)21(17,19)20/h3-4,6-7,10H,1-2,5,8-9,14H2,(H,16,18). The fraction of sp³-hybridized carbons (Fsp3) is 0.385. The molecule has 1 aliphatic heterocycles. The summed E-state index contributed by atoms with van der Waals surface area (Å²) in [6.45, 7) is 0.352. The SMILES string of the molecule is NNC(=O)CCCCCN1C=Nc2ccccc2S1(=O)=O. The summed E-state index contributed by atoms with van der Waals surface area (Å²) in [5.41, 5.74) is 2.53. The Morgan fingerprint density at radius 3 is 2.76 bits per heavy atom. The van der Waals surface area contributed by atoms with Gasteiger partial charge in [-0.2, -0.15) is 0 Å². The van der Waals surface area contributed by atoms with Gasteiger partial charge in [0.2, 0.25) is 5.91 Å². The van der Waals surface area contributed by atoms with Gasteiger partial charge in [-0.3, -0.25) is 14.5 Å². The number of carbonyl (C=O) groups excluding carboxylic acids is 1. The van der Waals surface area contributed by atoms with Crippen molar-refractivity contribution in [3.8, 4) is 0 Å². The van der Waals surface area contributed by atoms with Gasteiger partial charge in [-0.15, -0.1) is 0 Å². The Balaban J connectivity index is 1.90. The molecule has 0 radical (unpaired) electrons. The van der Waals surface area contributed by atoms with Crippen molar-refractivity contribution in [1.82, 2.24) is 9.73 Å². The molecule has 1 aliphatic rings. The van der Waals surface area contributed by atoms with Crippen molar-refractivity contribution in [3.05, 3.63) is 24.3 Å². The number of fused-ring (bicyclic) bond motifs is 1. The van der Waals surface area contributed by atoms with E-state index in [-0.39, 0.29) is 10.8 Å². The quantitative estimate of drug-likeness (QED) is 0.352. The molecular formula is C13H18N4O3S. The molecule has 0 bridgehead atoms. The predicted molar refractivity (Wildman–Crippen MR) is 79.3 cm³/mol. The maximum absolute atomic E-state index is 12.4. The van der Waals surface area contributed by atoms with Crippen LogP contribution in [0.5, 0.6) is 0 Å². The number of sulfonamides is 1. The lowest BCUT2D eigenvalue weighted by molar-refractivity contribution is -0.121. The van der Waals surface area contributed by atoms with Crippen molar-refractivity contribution in [2.24, 2.45) is 10.8 Å². The van der Waals surface area contributed by atoms with Crippen LogP contribution < -0.4 is 11.3 Å². The first-order valence-corrected chi connectivity index (χ1v) is 8.14. The van der Waals surface area contributed by atoms with Gasteiger partial charge < -0.3 is 0 Å². The van der Waals surface area contributed by atoms with Crippen LogP contribution >= 0.6 is 0 Å².